The van der Waals surface area contributed by atoms with E-state index in [1.165, 1.54) is 6.07 Å². The minimum absolute atomic E-state index is 0.00783. The van der Waals surface area contributed by atoms with Crippen LogP contribution in [0.3, 0.4) is 0 Å². The van der Waals surface area contributed by atoms with Crippen molar-refractivity contribution in [3.8, 4) is 0 Å². The van der Waals surface area contributed by atoms with Gasteiger partial charge in [0.15, 0.2) is 0 Å². The van der Waals surface area contributed by atoms with Gasteiger partial charge in [-0.25, -0.2) is 35.1 Å². The van der Waals surface area contributed by atoms with E-state index >= 15 is 13.6 Å². The Bertz CT molecular complexity index is 2590. The molecular weight excluding hydrogens is 755 g/mol. The maximum atomic E-state index is 15.1. The van der Waals surface area contributed by atoms with E-state index in [-0.39, 0.29) is 44.0 Å². The molecule has 2 atom stereocenters. The van der Waals surface area contributed by atoms with Crippen LogP contribution in [0.1, 0.15) is 39.1 Å². The minimum atomic E-state index is -2.24. The fourth-order valence-corrected chi connectivity index (χ4v) is 9.64. The Labute approximate surface area is 315 Å². The summed E-state index contributed by atoms with van der Waals surface area (Å²) in [5.74, 6) is -8.69. The van der Waals surface area contributed by atoms with Crippen LogP contribution >= 0.6 is 7.92 Å². The Kier molecular flexibility index (Phi) is 9.72. The number of aliphatic imine (C=N–C) groups is 1. The van der Waals surface area contributed by atoms with Gasteiger partial charge in [-0.2, -0.15) is 0 Å². The van der Waals surface area contributed by atoms with Crippen molar-refractivity contribution in [1.82, 2.24) is 4.90 Å². The molecule has 0 radical (unpaired) electrons. The summed E-state index contributed by atoms with van der Waals surface area (Å²) in [5.41, 5.74) is 0.0543. The van der Waals surface area contributed by atoms with E-state index in [2.05, 4.69) is 0 Å². The standard InChI is InChI=1S/C44H25F8N2OP/c45-29-12-27(13-30(46)16-29)41-42(28-14-31(47)17-32(48)15-28)54(44(55)26-10-9-24-5-1-2-6-25(24)11-26)43(53-41)39-7-3-4-8-40(39)56(37-20-33(49)18-34(50)21-37)38-22-35(51)19-36(52)23-38/h1-23,41-42H/t41-,42-/m1/s1. The highest BCUT2D eigenvalue weighted by Gasteiger charge is 2.44. The van der Waals surface area contributed by atoms with Crippen LogP contribution < -0.4 is 15.9 Å². The molecule has 12 heteroatoms. The number of amidine groups is 1. The number of fused-ring (bicyclic) bond motifs is 1. The minimum Gasteiger partial charge on any atom is -0.282 e. The van der Waals surface area contributed by atoms with Crippen molar-refractivity contribution in [2.45, 2.75) is 12.1 Å². The van der Waals surface area contributed by atoms with Crippen molar-refractivity contribution in [1.29, 1.82) is 0 Å². The number of carbonyl (C=O) groups is 1. The molecule has 0 bridgehead atoms. The van der Waals surface area contributed by atoms with Crippen LogP contribution in [0.4, 0.5) is 35.1 Å². The first-order valence-electron chi connectivity index (χ1n) is 17.1. The first-order chi connectivity index (χ1) is 26.9. The number of amides is 1. The summed E-state index contributed by atoms with van der Waals surface area (Å²) in [6, 6.07) is 26.1. The number of halogens is 8. The average Bonchev–Trinajstić information content (AvgIpc) is 3.54. The van der Waals surface area contributed by atoms with E-state index in [1.807, 2.05) is 12.1 Å². The van der Waals surface area contributed by atoms with Crippen molar-refractivity contribution in [2.24, 2.45) is 4.99 Å². The van der Waals surface area contributed by atoms with Crippen molar-refractivity contribution in [2.75, 3.05) is 0 Å². The smallest absolute Gasteiger partial charge is 0.260 e. The lowest BCUT2D eigenvalue weighted by Crippen LogP contribution is -2.40. The molecule has 0 aliphatic carbocycles. The summed E-state index contributed by atoms with van der Waals surface area (Å²) in [5, 5.41) is 1.72. The van der Waals surface area contributed by atoms with Crippen molar-refractivity contribution >= 4 is 46.4 Å². The first kappa shape index (κ1) is 36.8. The van der Waals surface area contributed by atoms with E-state index in [0.717, 1.165) is 58.8 Å². The lowest BCUT2D eigenvalue weighted by atomic mass is 9.92. The quantitative estimate of drug-likeness (QED) is 0.117. The lowest BCUT2D eigenvalue weighted by Gasteiger charge is -2.31. The van der Waals surface area contributed by atoms with E-state index in [1.54, 1.807) is 48.5 Å². The van der Waals surface area contributed by atoms with Gasteiger partial charge in [0.05, 0.1) is 6.04 Å². The van der Waals surface area contributed by atoms with Gasteiger partial charge < -0.3 is 0 Å². The molecule has 0 N–H and O–H groups in total. The average molecular weight is 781 g/mol. The lowest BCUT2D eigenvalue weighted by molar-refractivity contribution is 0.0804. The van der Waals surface area contributed by atoms with Gasteiger partial charge in [-0.05, 0) is 106 Å². The van der Waals surface area contributed by atoms with Gasteiger partial charge in [0.2, 0.25) is 0 Å². The molecule has 0 spiro atoms. The zero-order chi connectivity index (χ0) is 39.2. The molecule has 56 heavy (non-hydrogen) atoms. The molecule has 8 rings (SSSR count). The first-order valence-corrected chi connectivity index (χ1v) is 18.4. The maximum Gasteiger partial charge on any atom is 0.260 e. The number of hydrogen-bond donors (Lipinski definition) is 0. The number of rotatable bonds is 7. The molecule has 0 saturated heterocycles. The molecule has 1 aliphatic rings. The molecule has 1 aliphatic heterocycles. The third-order valence-corrected chi connectivity index (χ3v) is 11.8. The second-order valence-electron chi connectivity index (χ2n) is 13.1. The molecule has 0 saturated carbocycles. The van der Waals surface area contributed by atoms with E-state index in [9.17, 15) is 26.3 Å². The largest absolute Gasteiger partial charge is 0.282 e. The molecule has 0 unspecified atom stereocenters. The Morgan fingerprint density at radius 2 is 0.964 bits per heavy atom. The van der Waals surface area contributed by atoms with Crippen LogP contribution in [0, 0.1) is 46.5 Å². The second-order valence-corrected chi connectivity index (χ2v) is 15.3. The molecule has 7 aromatic carbocycles. The monoisotopic (exact) mass is 780 g/mol. The molecule has 0 fully saturated rings. The van der Waals surface area contributed by atoms with Crippen LogP contribution in [0.25, 0.3) is 10.8 Å². The number of hydrogen-bond acceptors (Lipinski definition) is 2. The molecule has 7 aromatic rings. The molecule has 3 nitrogen and oxygen atoms in total. The van der Waals surface area contributed by atoms with Gasteiger partial charge in [0, 0.05) is 35.4 Å². The zero-order valence-electron chi connectivity index (χ0n) is 28.7. The molecule has 1 heterocycles. The SMILES string of the molecule is O=C(c1ccc2ccccc2c1)N1C(c2ccccc2P(c2cc(F)cc(F)c2)c2cc(F)cc(F)c2)=N[C@H](c2cc(F)cc(F)c2)[C@H]1c1cc(F)cc(F)c1. The number of carbonyl (C=O) groups excluding carboxylic acids is 1. The molecular formula is C44H25F8N2OP. The summed E-state index contributed by atoms with van der Waals surface area (Å²) in [6.07, 6.45) is 0. The third-order valence-electron chi connectivity index (χ3n) is 9.33. The zero-order valence-corrected chi connectivity index (χ0v) is 29.6. The second kappa shape index (κ2) is 14.8. The molecule has 1 amide bonds. The number of benzene rings is 7. The van der Waals surface area contributed by atoms with Crippen LogP contribution in [-0.4, -0.2) is 16.6 Å². The van der Waals surface area contributed by atoms with Crippen molar-refractivity contribution < 1.29 is 39.9 Å². The topological polar surface area (TPSA) is 32.7 Å². The molecule has 278 valence electrons. The predicted octanol–water partition coefficient (Wildman–Crippen LogP) is 10.1. The summed E-state index contributed by atoms with van der Waals surface area (Å²) in [4.78, 5) is 21.1. The van der Waals surface area contributed by atoms with E-state index < -0.39 is 72.5 Å². The van der Waals surface area contributed by atoms with E-state index in [4.69, 9.17) is 4.99 Å². The van der Waals surface area contributed by atoms with Gasteiger partial charge in [-0.1, -0.05) is 54.6 Å². The maximum absolute atomic E-state index is 15.1. The predicted molar refractivity (Wildman–Crippen MR) is 200 cm³/mol. The van der Waals surface area contributed by atoms with Gasteiger partial charge in [0.1, 0.15) is 58.4 Å². The molecule has 0 aromatic heterocycles. The summed E-state index contributed by atoms with van der Waals surface area (Å²) >= 11 is 0. The highest BCUT2D eigenvalue weighted by atomic mass is 31.1. The van der Waals surface area contributed by atoms with Crippen molar-refractivity contribution in [3.63, 3.8) is 0 Å². The van der Waals surface area contributed by atoms with Crippen LogP contribution in [0.2, 0.25) is 0 Å². The Morgan fingerprint density at radius 3 is 1.52 bits per heavy atom. The summed E-state index contributed by atoms with van der Waals surface area (Å²) in [7, 11) is -2.24. The Balaban J connectivity index is 1.42. The van der Waals surface area contributed by atoms with Crippen LogP contribution in [0.15, 0.2) is 145 Å². The van der Waals surface area contributed by atoms with Gasteiger partial charge in [-0.3, -0.25) is 14.7 Å². The van der Waals surface area contributed by atoms with Gasteiger partial charge in [0.25, 0.3) is 5.91 Å². The Morgan fingerprint density at radius 1 is 0.500 bits per heavy atom. The fourth-order valence-electron chi connectivity index (χ4n) is 7.12. The fraction of sp³-hybridized carbons (Fsp3) is 0.0455. The summed E-state index contributed by atoms with van der Waals surface area (Å²) in [6.45, 7) is 0. The van der Waals surface area contributed by atoms with Crippen LogP contribution in [0.5, 0.6) is 0 Å². The normalized spacial score (nSPS) is 15.4. The van der Waals surface area contributed by atoms with Gasteiger partial charge >= 0.3 is 0 Å². The van der Waals surface area contributed by atoms with E-state index in [0.29, 0.717) is 29.7 Å². The van der Waals surface area contributed by atoms with Gasteiger partial charge in [-0.15, -0.1) is 0 Å². The number of nitrogens with zero attached hydrogens (tertiary/aromatic N) is 2. The van der Waals surface area contributed by atoms with Crippen molar-refractivity contribution in [3.05, 3.63) is 208 Å². The Hall–Kier alpha value is -6.19. The van der Waals surface area contributed by atoms with Crippen LogP contribution in [-0.2, 0) is 0 Å². The highest BCUT2D eigenvalue weighted by Crippen LogP contribution is 2.46. The third kappa shape index (κ3) is 7.18. The highest BCUT2D eigenvalue weighted by molar-refractivity contribution is 7.80. The summed E-state index contributed by atoms with van der Waals surface area (Å²) < 4.78 is 119.